The number of thiazole rings is 1. The highest BCUT2D eigenvalue weighted by molar-refractivity contribution is 7.22. The van der Waals surface area contributed by atoms with Gasteiger partial charge >= 0.3 is 5.91 Å². The average molecular weight is 476 g/mol. The number of benzene rings is 2. The van der Waals surface area contributed by atoms with Crippen LogP contribution in [0.3, 0.4) is 0 Å². The second-order valence-electron chi connectivity index (χ2n) is 7.88. The standard InChI is InChI=1S/C25H18ClN3O3S/c1-13-11-14(2)20-18(12-13)33-25(28-20)29-21(15-7-9-27-10-8-15)19(23(31)24(29)32)22(30)16-3-5-17(26)6-4-16/h3-12,21,30H,1-2H3. The summed E-state index contributed by atoms with van der Waals surface area (Å²) in [5, 5.41) is 12.0. The van der Waals surface area contributed by atoms with Crippen LogP contribution in [-0.4, -0.2) is 26.8 Å². The monoisotopic (exact) mass is 475 g/mol. The number of hydrogen-bond donors (Lipinski definition) is 1. The van der Waals surface area contributed by atoms with Crippen LogP contribution in [0.5, 0.6) is 0 Å². The molecule has 0 radical (unpaired) electrons. The Bertz CT molecular complexity index is 1450. The molecule has 4 aromatic rings. The molecule has 0 bridgehead atoms. The molecule has 3 heterocycles. The third-order valence-corrected chi connectivity index (χ3v) is 6.86. The van der Waals surface area contributed by atoms with Gasteiger partial charge in [-0.25, -0.2) is 4.98 Å². The van der Waals surface area contributed by atoms with Crippen molar-refractivity contribution in [1.82, 2.24) is 9.97 Å². The number of aromatic nitrogens is 2. The average Bonchev–Trinajstić information content (AvgIpc) is 3.33. The molecule has 1 unspecified atom stereocenters. The summed E-state index contributed by atoms with van der Waals surface area (Å²) in [7, 11) is 0. The van der Waals surface area contributed by atoms with Crippen LogP contribution >= 0.6 is 22.9 Å². The smallest absolute Gasteiger partial charge is 0.301 e. The van der Waals surface area contributed by atoms with Gasteiger partial charge in [0.05, 0.1) is 21.8 Å². The molecule has 2 aromatic heterocycles. The number of aryl methyl sites for hydroxylation is 2. The summed E-state index contributed by atoms with van der Waals surface area (Å²) in [5.41, 5.74) is 3.91. The fourth-order valence-electron chi connectivity index (χ4n) is 4.12. The zero-order valence-electron chi connectivity index (χ0n) is 17.7. The Labute approximate surface area is 198 Å². The molecule has 2 aromatic carbocycles. The third kappa shape index (κ3) is 3.59. The second kappa shape index (κ2) is 8.10. The molecule has 164 valence electrons. The molecule has 1 N–H and O–H groups in total. The van der Waals surface area contributed by atoms with Crippen molar-refractivity contribution in [2.75, 3.05) is 4.90 Å². The van der Waals surface area contributed by atoms with Crippen molar-refractivity contribution >= 4 is 55.7 Å². The van der Waals surface area contributed by atoms with Crippen molar-refractivity contribution in [3.8, 4) is 0 Å². The summed E-state index contributed by atoms with van der Waals surface area (Å²) in [4.78, 5) is 36.6. The Morgan fingerprint density at radius 1 is 1.06 bits per heavy atom. The van der Waals surface area contributed by atoms with E-state index in [9.17, 15) is 14.7 Å². The number of aliphatic hydroxyl groups is 1. The molecular formula is C25H18ClN3O3S. The third-order valence-electron chi connectivity index (χ3n) is 5.61. The van der Waals surface area contributed by atoms with Crippen LogP contribution in [0.15, 0.2) is 66.5 Å². The van der Waals surface area contributed by atoms with Crippen molar-refractivity contribution in [3.63, 3.8) is 0 Å². The van der Waals surface area contributed by atoms with Crippen LogP contribution in [0.1, 0.15) is 28.3 Å². The molecule has 8 heteroatoms. The summed E-state index contributed by atoms with van der Waals surface area (Å²) in [5.74, 6) is -1.76. The fourth-order valence-corrected chi connectivity index (χ4v) is 5.41. The first-order chi connectivity index (χ1) is 15.8. The second-order valence-corrected chi connectivity index (χ2v) is 9.33. The predicted molar refractivity (Wildman–Crippen MR) is 130 cm³/mol. The van der Waals surface area contributed by atoms with Gasteiger partial charge in [0.2, 0.25) is 0 Å². The number of rotatable bonds is 3. The quantitative estimate of drug-likeness (QED) is 0.237. The van der Waals surface area contributed by atoms with Crippen LogP contribution < -0.4 is 4.90 Å². The number of halogens is 1. The lowest BCUT2D eigenvalue weighted by molar-refractivity contribution is -0.132. The number of aliphatic hydroxyl groups excluding tert-OH is 1. The SMILES string of the molecule is Cc1cc(C)c2nc(N3C(=O)C(=O)C(=C(O)c4ccc(Cl)cc4)C3c3ccncc3)sc2c1. The van der Waals surface area contributed by atoms with E-state index in [1.165, 1.54) is 16.2 Å². The Morgan fingerprint density at radius 3 is 2.45 bits per heavy atom. The van der Waals surface area contributed by atoms with Gasteiger partial charge in [-0.15, -0.1) is 0 Å². The first kappa shape index (κ1) is 21.3. The van der Waals surface area contributed by atoms with Crippen LogP contribution in [0.4, 0.5) is 5.13 Å². The lowest BCUT2D eigenvalue weighted by atomic mass is 9.96. The highest BCUT2D eigenvalue weighted by Gasteiger charge is 2.48. The largest absolute Gasteiger partial charge is 0.507 e. The number of pyridine rings is 1. The minimum atomic E-state index is -0.842. The maximum absolute atomic E-state index is 13.3. The Hall–Kier alpha value is -3.55. The first-order valence-corrected chi connectivity index (χ1v) is 11.4. The molecule has 6 nitrogen and oxygen atoms in total. The van der Waals surface area contributed by atoms with Gasteiger partial charge in [-0.2, -0.15) is 0 Å². The summed E-state index contributed by atoms with van der Waals surface area (Å²) in [6.45, 7) is 3.97. The molecule has 1 aliphatic heterocycles. The molecular weight excluding hydrogens is 458 g/mol. The minimum absolute atomic E-state index is 0.000631. The molecule has 0 spiro atoms. The van der Waals surface area contributed by atoms with Crippen molar-refractivity contribution in [1.29, 1.82) is 0 Å². The number of Topliss-reactive ketones (excluding diaryl/α,β-unsaturated/α-hetero) is 1. The number of hydrogen-bond acceptors (Lipinski definition) is 6. The molecule has 33 heavy (non-hydrogen) atoms. The fraction of sp³-hybridized carbons (Fsp3) is 0.120. The number of carbonyl (C=O) groups is 2. The summed E-state index contributed by atoms with van der Waals surface area (Å²) in [6, 6.07) is 13.1. The van der Waals surface area contributed by atoms with Gasteiger partial charge in [0, 0.05) is 23.0 Å². The number of amides is 1. The maximum Gasteiger partial charge on any atom is 0.301 e. The minimum Gasteiger partial charge on any atom is -0.507 e. The van der Waals surface area contributed by atoms with Gasteiger partial charge in [-0.05, 0) is 73.0 Å². The number of anilines is 1. The van der Waals surface area contributed by atoms with E-state index < -0.39 is 17.7 Å². The zero-order valence-corrected chi connectivity index (χ0v) is 19.3. The molecule has 0 aliphatic carbocycles. The predicted octanol–water partition coefficient (Wildman–Crippen LogP) is 5.59. The van der Waals surface area contributed by atoms with E-state index in [4.69, 9.17) is 16.6 Å². The summed E-state index contributed by atoms with van der Waals surface area (Å²) < 4.78 is 0.926. The number of fused-ring (bicyclic) bond motifs is 1. The topological polar surface area (TPSA) is 83.4 Å². The van der Waals surface area contributed by atoms with Crippen LogP contribution in [0.2, 0.25) is 5.02 Å². The van der Waals surface area contributed by atoms with E-state index in [1.807, 2.05) is 26.0 Å². The maximum atomic E-state index is 13.3. The summed E-state index contributed by atoms with van der Waals surface area (Å²) in [6.07, 6.45) is 3.17. The molecule has 0 saturated carbocycles. The Balaban J connectivity index is 1.73. The van der Waals surface area contributed by atoms with Crippen molar-refractivity contribution < 1.29 is 14.7 Å². The number of carbonyl (C=O) groups excluding carboxylic acids is 2. The van der Waals surface area contributed by atoms with Gasteiger partial charge in [0.15, 0.2) is 5.13 Å². The number of ketones is 1. The zero-order chi connectivity index (χ0) is 23.3. The molecule has 1 saturated heterocycles. The van der Waals surface area contributed by atoms with Crippen molar-refractivity contribution in [2.45, 2.75) is 19.9 Å². The molecule has 1 fully saturated rings. The Morgan fingerprint density at radius 2 is 1.76 bits per heavy atom. The van der Waals surface area contributed by atoms with Gasteiger partial charge in [0.1, 0.15) is 5.76 Å². The van der Waals surface area contributed by atoms with Crippen LogP contribution in [0, 0.1) is 13.8 Å². The lowest BCUT2D eigenvalue weighted by Crippen LogP contribution is -2.29. The van der Waals surface area contributed by atoms with Crippen molar-refractivity contribution in [3.05, 3.63) is 93.8 Å². The first-order valence-electron chi connectivity index (χ1n) is 10.2. The van der Waals surface area contributed by atoms with Gasteiger partial charge < -0.3 is 5.11 Å². The van der Waals surface area contributed by atoms with E-state index in [1.54, 1.807) is 48.8 Å². The van der Waals surface area contributed by atoms with Gasteiger partial charge in [-0.1, -0.05) is 29.0 Å². The van der Waals surface area contributed by atoms with Crippen LogP contribution in [-0.2, 0) is 9.59 Å². The molecule has 5 rings (SSSR count). The van der Waals surface area contributed by atoms with E-state index in [-0.39, 0.29) is 11.3 Å². The molecule has 1 aliphatic rings. The lowest BCUT2D eigenvalue weighted by Gasteiger charge is -2.22. The highest BCUT2D eigenvalue weighted by Crippen LogP contribution is 2.44. The van der Waals surface area contributed by atoms with Crippen molar-refractivity contribution in [2.24, 2.45) is 0 Å². The summed E-state index contributed by atoms with van der Waals surface area (Å²) >= 11 is 7.32. The van der Waals surface area contributed by atoms with Gasteiger partial charge in [0.25, 0.3) is 5.78 Å². The van der Waals surface area contributed by atoms with E-state index in [2.05, 4.69) is 4.98 Å². The Kier molecular flexibility index (Phi) is 5.23. The normalized spacial score (nSPS) is 17.8. The van der Waals surface area contributed by atoms with E-state index in [0.717, 1.165) is 21.3 Å². The van der Waals surface area contributed by atoms with Crippen LogP contribution in [0.25, 0.3) is 16.0 Å². The van der Waals surface area contributed by atoms with E-state index >= 15 is 0 Å². The molecule has 1 amide bonds. The number of nitrogens with zero attached hydrogens (tertiary/aromatic N) is 3. The highest BCUT2D eigenvalue weighted by atomic mass is 35.5. The van der Waals surface area contributed by atoms with E-state index in [0.29, 0.717) is 21.3 Å². The molecule has 1 atom stereocenters. The van der Waals surface area contributed by atoms with Gasteiger partial charge in [-0.3, -0.25) is 19.5 Å².